The van der Waals surface area contributed by atoms with Gasteiger partial charge in [0, 0.05) is 6.08 Å². The highest BCUT2D eigenvalue weighted by Gasteiger charge is 2.27. The number of amides is 1. The van der Waals surface area contributed by atoms with Crippen LogP contribution in [0.5, 0.6) is 0 Å². The Balaban J connectivity index is 2.42. The van der Waals surface area contributed by atoms with Crippen molar-refractivity contribution in [3.63, 3.8) is 0 Å². The Labute approximate surface area is 158 Å². The predicted octanol–water partition coefficient (Wildman–Crippen LogP) is 1.86. The summed E-state index contributed by atoms with van der Waals surface area (Å²) in [5, 5.41) is 0. The zero-order valence-corrected chi connectivity index (χ0v) is 15.8. The predicted molar refractivity (Wildman–Crippen MR) is 102 cm³/mol. The minimum Gasteiger partial charge on any atom is -0.468 e. The third kappa shape index (κ3) is 5.18. The highest BCUT2D eigenvalue weighted by atomic mass is 32.2. The number of nitrogens with two attached hydrogens (primary N) is 1. The van der Waals surface area contributed by atoms with Gasteiger partial charge in [0.15, 0.2) is 0 Å². The topological polar surface area (TPSA) is 107 Å². The van der Waals surface area contributed by atoms with E-state index in [4.69, 9.17) is 5.73 Å². The molecule has 0 saturated carbocycles. The summed E-state index contributed by atoms with van der Waals surface area (Å²) in [6, 6.07) is 12.6. The van der Waals surface area contributed by atoms with Crippen LogP contribution in [0.25, 0.3) is 6.08 Å². The summed E-state index contributed by atoms with van der Waals surface area (Å²) in [7, 11) is -2.81. The molecule has 27 heavy (non-hydrogen) atoms. The number of nitrogens with zero attached hydrogens (tertiary/aromatic N) is 1. The summed E-state index contributed by atoms with van der Waals surface area (Å²) >= 11 is 0. The minimum absolute atomic E-state index is 0.00297. The van der Waals surface area contributed by atoms with Crippen molar-refractivity contribution in [1.82, 2.24) is 0 Å². The van der Waals surface area contributed by atoms with Gasteiger partial charge in [0.05, 0.1) is 17.7 Å². The van der Waals surface area contributed by atoms with Gasteiger partial charge in [0.1, 0.15) is 6.54 Å². The average Bonchev–Trinajstić information content (AvgIpc) is 2.65. The Bertz CT molecular complexity index is 949. The molecule has 8 heteroatoms. The monoisotopic (exact) mass is 388 g/mol. The van der Waals surface area contributed by atoms with Gasteiger partial charge in [-0.15, -0.1) is 0 Å². The molecule has 2 N–H and O–H groups in total. The molecular weight excluding hydrogens is 368 g/mol. The Morgan fingerprint density at radius 2 is 1.67 bits per heavy atom. The van der Waals surface area contributed by atoms with Crippen LogP contribution in [0.15, 0.2) is 59.5 Å². The Morgan fingerprint density at radius 1 is 1.07 bits per heavy atom. The third-order valence-electron chi connectivity index (χ3n) is 3.73. The van der Waals surface area contributed by atoms with Crippen molar-refractivity contribution in [1.29, 1.82) is 0 Å². The van der Waals surface area contributed by atoms with Crippen molar-refractivity contribution in [2.75, 3.05) is 18.0 Å². The maximum Gasteiger partial charge on any atom is 0.326 e. The summed E-state index contributed by atoms with van der Waals surface area (Å²) in [5.41, 5.74) is 6.96. The molecule has 0 atom stereocenters. The van der Waals surface area contributed by atoms with Gasteiger partial charge in [-0.05, 0) is 42.8 Å². The van der Waals surface area contributed by atoms with E-state index in [0.29, 0.717) is 11.3 Å². The molecule has 0 radical (unpaired) electrons. The van der Waals surface area contributed by atoms with Crippen LogP contribution in [-0.2, 0) is 24.3 Å². The number of ether oxygens (including phenoxy) is 1. The smallest absolute Gasteiger partial charge is 0.326 e. The lowest BCUT2D eigenvalue weighted by Gasteiger charge is -2.23. The Hall–Kier alpha value is -3.13. The maximum absolute atomic E-state index is 13.1. The first-order chi connectivity index (χ1) is 12.7. The van der Waals surface area contributed by atoms with Crippen molar-refractivity contribution in [2.45, 2.75) is 11.8 Å². The largest absolute Gasteiger partial charge is 0.468 e. The fourth-order valence-corrected chi connectivity index (χ4v) is 3.67. The van der Waals surface area contributed by atoms with E-state index in [0.717, 1.165) is 9.87 Å². The minimum atomic E-state index is -4.00. The molecule has 1 amide bonds. The molecule has 0 unspecified atom stereocenters. The molecule has 0 aliphatic heterocycles. The van der Waals surface area contributed by atoms with Crippen LogP contribution in [-0.4, -0.2) is 33.9 Å². The summed E-state index contributed by atoms with van der Waals surface area (Å²) < 4.78 is 31.8. The second-order valence-corrected chi connectivity index (χ2v) is 7.59. The molecule has 0 aliphatic carbocycles. The van der Waals surface area contributed by atoms with Crippen molar-refractivity contribution >= 4 is 33.7 Å². The van der Waals surface area contributed by atoms with Gasteiger partial charge in [-0.25, -0.2) is 8.42 Å². The number of hydrogen-bond acceptors (Lipinski definition) is 5. The number of sulfonamides is 1. The average molecular weight is 388 g/mol. The molecule has 2 aromatic rings. The van der Waals surface area contributed by atoms with Crippen LogP contribution in [0, 0.1) is 6.92 Å². The highest BCUT2D eigenvalue weighted by Crippen LogP contribution is 2.24. The maximum atomic E-state index is 13.1. The number of carbonyl (C=O) groups is 2. The molecule has 0 heterocycles. The lowest BCUT2D eigenvalue weighted by Crippen LogP contribution is -2.36. The van der Waals surface area contributed by atoms with Crippen molar-refractivity contribution < 1.29 is 22.7 Å². The van der Waals surface area contributed by atoms with Crippen molar-refractivity contribution in [3.05, 3.63) is 65.7 Å². The van der Waals surface area contributed by atoms with Crippen LogP contribution < -0.4 is 10.0 Å². The number of benzene rings is 2. The summed E-state index contributed by atoms with van der Waals surface area (Å²) in [6.07, 6.45) is 2.66. The fourth-order valence-electron chi connectivity index (χ4n) is 2.26. The molecule has 2 aromatic carbocycles. The number of esters is 1. The number of hydrogen-bond donors (Lipinski definition) is 1. The van der Waals surface area contributed by atoms with Gasteiger partial charge in [0.25, 0.3) is 10.0 Å². The first-order valence-corrected chi connectivity index (χ1v) is 9.42. The number of aryl methyl sites for hydroxylation is 1. The number of rotatable bonds is 7. The normalized spacial score (nSPS) is 11.3. The molecule has 0 fully saturated rings. The van der Waals surface area contributed by atoms with Gasteiger partial charge < -0.3 is 10.5 Å². The van der Waals surface area contributed by atoms with Gasteiger partial charge in [-0.3, -0.25) is 13.9 Å². The Kier molecular flexibility index (Phi) is 6.36. The first kappa shape index (κ1) is 20.2. The zero-order chi connectivity index (χ0) is 20.0. The third-order valence-corrected chi connectivity index (χ3v) is 5.52. The fraction of sp³-hybridized carbons (Fsp3) is 0.158. The molecule has 7 nitrogen and oxygen atoms in total. The van der Waals surface area contributed by atoms with Gasteiger partial charge in [-0.1, -0.05) is 29.8 Å². The second kappa shape index (κ2) is 8.50. The summed E-state index contributed by atoms with van der Waals surface area (Å²) in [4.78, 5) is 22.6. The van der Waals surface area contributed by atoms with Crippen LogP contribution in [0.4, 0.5) is 5.69 Å². The van der Waals surface area contributed by atoms with E-state index >= 15 is 0 Å². The molecule has 142 valence electrons. The second-order valence-electron chi connectivity index (χ2n) is 5.73. The number of carbonyl (C=O) groups excluding carboxylic acids is 2. The molecule has 0 saturated heterocycles. The summed E-state index contributed by atoms with van der Waals surface area (Å²) in [6.45, 7) is 1.42. The van der Waals surface area contributed by atoms with E-state index in [9.17, 15) is 18.0 Å². The highest BCUT2D eigenvalue weighted by molar-refractivity contribution is 7.92. The van der Waals surface area contributed by atoms with Crippen LogP contribution in [0.1, 0.15) is 11.1 Å². The molecule has 0 aromatic heterocycles. The molecule has 0 spiro atoms. The molecule has 0 aliphatic rings. The number of anilines is 1. The molecule has 2 rings (SSSR count). The summed E-state index contributed by atoms with van der Waals surface area (Å²) in [5.74, 6) is -1.28. The molecule has 0 bridgehead atoms. The Morgan fingerprint density at radius 3 is 2.19 bits per heavy atom. The number of methoxy groups -OCH3 is 1. The van der Waals surface area contributed by atoms with Crippen LogP contribution in [0.2, 0.25) is 0 Å². The standard InChI is InChI=1S/C19H20N2O5S/c1-14-3-8-16(9-4-14)21(13-19(23)26-2)27(24,25)17-10-5-15(6-11-17)7-12-18(20)22/h3-12H,13H2,1-2H3,(H2,20,22)/b12-7+. The SMILES string of the molecule is COC(=O)CN(c1ccc(C)cc1)S(=O)(=O)c1ccc(/C=C/C(N)=O)cc1. The van der Waals surface area contributed by atoms with Crippen LogP contribution >= 0.6 is 0 Å². The van der Waals surface area contributed by atoms with E-state index < -0.39 is 28.4 Å². The molecular formula is C19H20N2O5S. The van der Waals surface area contributed by atoms with E-state index in [1.54, 1.807) is 24.3 Å². The first-order valence-electron chi connectivity index (χ1n) is 7.98. The van der Waals surface area contributed by atoms with Gasteiger partial charge in [0.2, 0.25) is 5.91 Å². The quantitative estimate of drug-likeness (QED) is 0.575. The lowest BCUT2D eigenvalue weighted by molar-refractivity contribution is -0.138. The van der Waals surface area contributed by atoms with E-state index in [1.807, 2.05) is 6.92 Å². The number of primary amides is 1. The van der Waals surface area contributed by atoms with E-state index in [2.05, 4.69) is 4.74 Å². The van der Waals surface area contributed by atoms with Crippen LogP contribution in [0.3, 0.4) is 0 Å². The van der Waals surface area contributed by atoms with Gasteiger partial charge >= 0.3 is 5.97 Å². The van der Waals surface area contributed by atoms with Gasteiger partial charge in [-0.2, -0.15) is 0 Å². The zero-order valence-electron chi connectivity index (χ0n) is 15.0. The van der Waals surface area contributed by atoms with Crippen molar-refractivity contribution in [3.8, 4) is 0 Å². The van der Waals surface area contributed by atoms with E-state index in [1.165, 1.54) is 43.5 Å². The van der Waals surface area contributed by atoms with E-state index in [-0.39, 0.29) is 4.90 Å². The lowest BCUT2D eigenvalue weighted by atomic mass is 10.2. The van der Waals surface area contributed by atoms with Crippen molar-refractivity contribution in [2.24, 2.45) is 5.73 Å².